The number of hydrazone groups is 1. The summed E-state index contributed by atoms with van der Waals surface area (Å²) in [6.07, 6.45) is 0. The van der Waals surface area contributed by atoms with Gasteiger partial charge in [0.15, 0.2) is 22.2 Å². The van der Waals surface area contributed by atoms with Crippen LogP contribution in [0.25, 0.3) is 11.0 Å². The number of rotatable bonds is 6. The molecule has 1 aromatic heterocycles. The molecular weight excluding hydrogens is 398 g/mol. The second kappa shape index (κ2) is 8.95. The van der Waals surface area contributed by atoms with Crippen molar-refractivity contribution < 1.29 is 13.9 Å². The lowest BCUT2D eigenvalue weighted by Crippen LogP contribution is -2.24. The van der Waals surface area contributed by atoms with Gasteiger partial charge in [-0.1, -0.05) is 23.7 Å². The largest absolute Gasteiger partial charge is 0.495 e. The van der Waals surface area contributed by atoms with Gasteiger partial charge in [-0.3, -0.25) is 5.43 Å². The minimum atomic E-state index is 0.326. The number of hydrogen-bond donors (Lipinski definition) is 2. The number of anilines is 1. The summed E-state index contributed by atoms with van der Waals surface area (Å²) in [5.41, 5.74) is 4.87. The molecule has 0 aliphatic carbocycles. The molecule has 0 amide bonds. The normalized spacial score (nSPS) is 11.4. The van der Waals surface area contributed by atoms with Gasteiger partial charge >= 0.3 is 0 Å². The Morgan fingerprint density at radius 1 is 1.21 bits per heavy atom. The Morgan fingerprint density at radius 3 is 2.75 bits per heavy atom. The maximum Gasteiger partial charge on any atom is 0.191 e. The SMILES string of the molecule is CCOc1cccc2cc(C(C)=NNC(=S)Nc3ccc(OC)c(Cl)c3)oc12. The fourth-order valence-corrected chi connectivity index (χ4v) is 3.00. The zero-order valence-corrected chi connectivity index (χ0v) is 17.3. The highest BCUT2D eigenvalue weighted by atomic mass is 35.5. The van der Waals surface area contributed by atoms with Gasteiger partial charge in [0.2, 0.25) is 0 Å². The van der Waals surface area contributed by atoms with E-state index in [9.17, 15) is 0 Å². The van der Waals surface area contributed by atoms with Crippen LogP contribution in [0.2, 0.25) is 5.02 Å². The van der Waals surface area contributed by atoms with Crippen LogP contribution < -0.4 is 20.2 Å². The Kier molecular flexibility index (Phi) is 6.38. The molecule has 0 aliphatic rings. The molecule has 1 heterocycles. The molecule has 0 saturated carbocycles. The molecule has 0 saturated heterocycles. The van der Waals surface area contributed by atoms with Crippen LogP contribution in [0.5, 0.6) is 11.5 Å². The average molecular weight is 418 g/mol. The van der Waals surface area contributed by atoms with Crippen LogP contribution in [0.15, 0.2) is 52.0 Å². The summed E-state index contributed by atoms with van der Waals surface area (Å²) in [7, 11) is 1.56. The van der Waals surface area contributed by atoms with E-state index in [0.717, 1.165) is 11.1 Å². The van der Waals surface area contributed by atoms with Crippen LogP contribution in [-0.4, -0.2) is 24.5 Å². The molecule has 8 heteroatoms. The van der Waals surface area contributed by atoms with Crippen LogP contribution in [0.1, 0.15) is 19.6 Å². The molecule has 0 atom stereocenters. The fraction of sp³-hybridized carbons (Fsp3) is 0.200. The lowest BCUT2D eigenvalue weighted by molar-refractivity contribution is 0.338. The van der Waals surface area contributed by atoms with Gasteiger partial charge in [0.05, 0.1) is 18.7 Å². The molecule has 28 heavy (non-hydrogen) atoms. The third-order valence-electron chi connectivity index (χ3n) is 3.90. The summed E-state index contributed by atoms with van der Waals surface area (Å²) in [5.74, 6) is 1.93. The molecule has 0 spiro atoms. The summed E-state index contributed by atoms with van der Waals surface area (Å²) in [6.45, 7) is 4.33. The molecule has 6 nitrogen and oxygen atoms in total. The molecule has 0 aliphatic heterocycles. The third-order valence-corrected chi connectivity index (χ3v) is 4.39. The minimum absolute atomic E-state index is 0.326. The Morgan fingerprint density at radius 2 is 2.04 bits per heavy atom. The number of para-hydroxylation sites is 1. The van der Waals surface area contributed by atoms with Gasteiger partial charge in [-0.05, 0) is 56.4 Å². The van der Waals surface area contributed by atoms with Gasteiger partial charge in [-0.2, -0.15) is 5.10 Å². The monoisotopic (exact) mass is 417 g/mol. The summed E-state index contributed by atoms with van der Waals surface area (Å²) >= 11 is 11.4. The fourth-order valence-electron chi connectivity index (χ4n) is 2.58. The molecule has 0 fully saturated rings. The summed E-state index contributed by atoms with van der Waals surface area (Å²) < 4.78 is 16.6. The van der Waals surface area contributed by atoms with Gasteiger partial charge in [0.25, 0.3) is 0 Å². The molecule has 0 radical (unpaired) electrons. The molecule has 2 aromatic carbocycles. The van der Waals surface area contributed by atoms with Crippen molar-refractivity contribution in [1.82, 2.24) is 5.43 Å². The van der Waals surface area contributed by atoms with Crippen LogP contribution in [-0.2, 0) is 0 Å². The molecular formula is C20H20ClN3O3S. The number of thiocarbonyl (C=S) groups is 1. The van der Waals surface area contributed by atoms with Gasteiger partial charge in [0.1, 0.15) is 11.5 Å². The molecule has 0 bridgehead atoms. The maximum atomic E-state index is 6.12. The second-order valence-electron chi connectivity index (χ2n) is 5.83. The van der Waals surface area contributed by atoms with E-state index in [1.54, 1.807) is 19.2 Å². The quantitative estimate of drug-likeness (QED) is 0.326. The molecule has 146 valence electrons. The van der Waals surface area contributed by atoms with Crippen molar-refractivity contribution >= 4 is 51.3 Å². The first kappa shape index (κ1) is 20.0. The summed E-state index contributed by atoms with van der Waals surface area (Å²) in [4.78, 5) is 0. The Balaban J connectivity index is 1.70. The maximum absolute atomic E-state index is 6.12. The second-order valence-corrected chi connectivity index (χ2v) is 6.65. The van der Waals surface area contributed by atoms with Crippen molar-refractivity contribution in [1.29, 1.82) is 0 Å². The Labute approximate surface area is 173 Å². The molecule has 2 N–H and O–H groups in total. The highest BCUT2D eigenvalue weighted by Gasteiger charge is 2.11. The number of methoxy groups -OCH3 is 1. The van der Waals surface area contributed by atoms with Crippen LogP contribution in [0, 0.1) is 0 Å². The lowest BCUT2D eigenvalue weighted by atomic mass is 10.2. The molecule has 0 unspecified atom stereocenters. The number of benzene rings is 2. The van der Waals surface area contributed by atoms with E-state index < -0.39 is 0 Å². The third kappa shape index (κ3) is 4.55. The van der Waals surface area contributed by atoms with E-state index in [1.807, 2.05) is 44.2 Å². The Hall–Kier alpha value is -2.77. The number of fused-ring (bicyclic) bond motifs is 1. The standard InChI is InChI=1S/C20H20ClN3O3S/c1-4-26-17-7-5-6-13-10-18(27-19(13)17)12(2)23-24-20(28)22-14-8-9-16(25-3)15(21)11-14/h5-11H,4H2,1-3H3,(H2,22,24,28). The van der Waals surface area contributed by atoms with E-state index in [0.29, 0.717) is 45.3 Å². The topological polar surface area (TPSA) is 68.0 Å². The zero-order chi connectivity index (χ0) is 20.1. The predicted octanol–water partition coefficient (Wildman–Crippen LogP) is 5.20. The number of nitrogens with zero attached hydrogens (tertiary/aromatic N) is 1. The number of halogens is 1. The first-order valence-electron chi connectivity index (χ1n) is 8.62. The van der Waals surface area contributed by atoms with Gasteiger partial charge in [0, 0.05) is 11.1 Å². The first-order valence-corrected chi connectivity index (χ1v) is 9.41. The number of furan rings is 1. The van der Waals surface area contributed by atoms with E-state index >= 15 is 0 Å². The highest BCUT2D eigenvalue weighted by molar-refractivity contribution is 7.80. The van der Waals surface area contributed by atoms with E-state index in [-0.39, 0.29) is 0 Å². The number of nitrogens with one attached hydrogen (secondary N) is 2. The van der Waals surface area contributed by atoms with Gasteiger partial charge in [-0.15, -0.1) is 0 Å². The number of hydrogen-bond acceptors (Lipinski definition) is 5. The minimum Gasteiger partial charge on any atom is -0.495 e. The van der Waals surface area contributed by atoms with Crippen molar-refractivity contribution in [2.75, 3.05) is 19.0 Å². The molecule has 3 rings (SSSR count). The summed E-state index contributed by atoms with van der Waals surface area (Å²) in [5, 5.41) is 9.07. The highest BCUT2D eigenvalue weighted by Crippen LogP contribution is 2.29. The molecule has 3 aromatic rings. The van der Waals surface area contributed by atoms with Crippen LogP contribution in [0.3, 0.4) is 0 Å². The zero-order valence-electron chi connectivity index (χ0n) is 15.7. The van der Waals surface area contributed by atoms with Crippen LogP contribution >= 0.6 is 23.8 Å². The van der Waals surface area contributed by atoms with Gasteiger partial charge in [-0.25, -0.2) is 0 Å². The van der Waals surface area contributed by atoms with Crippen molar-refractivity contribution in [3.8, 4) is 11.5 Å². The predicted molar refractivity (Wildman–Crippen MR) is 117 cm³/mol. The van der Waals surface area contributed by atoms with Crippen molar-refractivity contribution in [2.45, 2.75) is 13.8 Å². The summed E-state index contributed by atoms with van der Waals surface area (Å²) in [6, 6.07) is 13.0. The van der Waals surface area contributed by atoms with Crippen molar-refractivity contribution in [3.63, 3.8) is 0 Å². The van der Waals surface area contributed by atoms with Crippen molar-refractivity contribution in [2.24, 2.45) is 5.10 Å². The van der Waals surface area contributed by atoms with Crippen LogP contribution in [0.4, 0.5) is 5.69 Å². The smallest absolute Gasteiger partial charge is 0.191 e. The van der Waals surface area contributed by atoms with E-state index in [2.05, 4.69) is 15.8 Å². The van der Waals surface area contributed by atoms with Crippen molar-refractivity contribution in [3.05, 3.63) is 53.2 Å². The van der Waals surface area contributed by atoms with Gasteiger partial charge < -0.3 is 19.2 Å². The first-order chi connectivity index (χ1) is 13.5. The van der Waals surface area contributed by atoms with E-state index in [4.69, 9.17) is 37.7 Å². The average Bonchev–Trinajstić information content (AvgIpc) is 3.12. The van der Waals surface area contributed by atoms with E-state index in [1.165, 1.54) is 0 Å². The Bertz CT molecular complexity index is 1030. The lowest BCUT2D eigenvalue weighted by Gasteiger charge is -2.09. The number of ether oxygens (including phenoxy) is 2.